The monoisotopic (exact) mass is 542 g/mol. The molecule has 0 unspecified atom stereocenters. The van der Waals surface area contributed by atoms with Crippen molar-refractivity contribution < 1.29 is 23.9 Å². The summed E-state index contributed by atoms with van der Waals surface area (Å²) in [5.41, 5.74) is 0.790. The molecule has 0 spiro atoms. The Morgan fingerprint density at radius 3 is 2.03 bits per heavy atom. The van der Waals surface area contributed by atoms with E-state index >= 15 is 0 Å². The molecule has 5 rings (SSSR count). The lowest BCUT2D eigenvalue weighted by Crippen LogP contribution is -2.69. The third-order valence-corrected chi connectivity index (χ3v) is 14.4. The minimum atomic E-state index is -0.603. The van der Waals surface area contributed by atoms with Crippen LogP contribution < -0.4 is 0 Å². The van der Waals surface area contributed by atoms with Gasteiger partial charge in [0.25, 0.3) is 0 Å². The molecule has 5 aliphatic carbocycles. The van der Waals surface area contributed by atoms with Crippen LogP contribution in [0.1, 0.15) is 127 Å². The summed E-state index contributed by atoms with van der Waals surface area (Å²) < 4.78 is 11.5. The van der Waals surface area contributed by atoms with Crippen molar-refractivity contribution in [2.45, 2.75) is 133 Å². The van der Waals surface area contributed by atoms with Gasteiger partial charge < -0.3 is 9.47 Å². The number of Topliss-reactive ketones (excluding diaryl/α,β-unsaturated/α-hetero) is 1. The van der Waals surface area contributed by atoms with E-state index in [1.54, 1.807) is 6.92 Å². The predicted octanol–water partition coefficient (Wildman–Crippen LogP) is 7.54. The highest BCUT2D eigenvalue weighted by atomic mass is 16.5. The second kappa shape index (κ2) is 9.05. The van der Waals surface area contributed by atoms with Gasteiger partial charge in [-0.15, -0.1) is 0 Å². The number of carbonyl (C=O) groups is 3. The van der Waals surface area contributed by atoms with Crippen molar-refractivity contribution >= 4 is 17.7 Å². The lowest BCUT2D eigenvalue weighted by atomic mass is 9.30. The van der Waals surface area contributed by atoms with Crippen LogP contribution in [-0.2, 0) is 23.9 Å². The van der Waals surface area contributed by atoms with E-state index in [9.17, 15) is 14.4 Å². The second-order valence-corrected chi connectivity index (χ2v) is 16.5. The van der Waals surface area contributed by atoms with E-state index in [0.29, 0.717) is 36.2 Å². The Morgan fingerprint density at radius 2 is 1.38 bits per heavy atom. The first-order valence-corrected chi connectivity index (χ1v) is 15.8. The maximum atomic E-state index is 13.4. The van der Waals surface area contributed by atoms with Crippen molar-refractivity contribution in [2.24, 2.45) is 56.2 Å². The number of ketones is 1. The van der Waals surface area contributed by atoms with Crippen LogP contribution in [0.25, 0.3) is 0 Å². The van der Waals surface area contributed by atoms with Crippen molar-refractivity contribution in [3.8, 4) is 0 Å². The molecule has 0 aliphatic heterocycles. The Hall–Kier alpha value is -1.39. The SMILES string of the molecule is CC(=O)OC[C@]12CCC(C)(C)C[C@H]1[C@]1(C)CC[C@@]3(C)[C@@H]4C[C@@H](OC(C)=O)C(=O)[C@H](C)[C@@]4(C)CC[C@@H]3[C@@]1(C)CC2. The highest BCUT2D eigenvalue weighted by molar-refractivity contribution is 5.88. The van der Waals surface area contributed by atoms with Gasteiger partial charge in [0.05, 0.1) is 6.61 Å². The Balaban J connectivity index is 1.53. The van der Waals surface area contributed by atoms with Crippen LogP contribution in [0.5, 0.6) is 0 Å². The topological polar surface area (TPSA) is 69.7 Å². The predicted molar refractivity (Wildman–Crippen MR) is 152 cm³/mol. The fourth-order valence-corrected chi connectivity index (χ4v) is 11.7. The molecule has 0 heterocycles. The van der Waals surface area contributed by atoms with Crippen LogP contribution in [0.3, 0.4) is 0 Å². The van der Waals surface area contributed by atoms with Crippen molar-refractivity contribution in [2.75, 3.05) is 6.61 Å². The number of hydrogen-bond donors (Lipinski definition) is 0. The van der Waals surface area contributed by atoms with Gasteiger partial charge in [-0.25, -0.2) is 0 Å². The molecule has 0 bridgehead atoms. The zero-order valence-electron chi connectivity index (χ0n) is 26.2. The second-order valence-electron chi connectivity index (χ2n) is 16.5. The van der Waals surface area contributed by atoms with Crippen LogP contribution in [0.4, 0.5) is 0 Å². The Kier molecular flexibility index (Phi) is 6.76. The highest BCUT2D eigenvalue weighted by Gasteiger charge is 2.72. The molecule has 5 aliphatic rings. The smallest absolute Gasteiger partial charge is 0.303 e. The zero-order chi connectivity index (χ0) is 28.8. The number of hydrogen-bond acceptors (Lipinski definition) is 5. The fourth-order valence-electron chi connectivity index (χ4n) is 11.7. The summed E-state index contributed by atoms with van der Waals surface area (Å²) in [5, 5.41) is 0. The van der Waals surface area contributed by atoms with Gasteiger partial charge in [-0.1, -0.05) is 48.5 Å². The standard InChI is InChI=1S/C34H54O5/c1-21-28(37)24(39-23(3)36)18-26-30(21,6)11-10-25-31(26,7)13-14-33(9)27-19-29(4,5)12-16-34(27,20-38-22(2)35)17-15-32(25,33)8/h21,24-27H,10-20H2,1-9H3/t21-,24+,25-,26+,27-,30+,31+,32+,33-,34+/m0/s1. The molecule has 5 heteroatoms. The van der Waals surface area contributed by atoms with Gasteiger partial charge in [0, 0.05) is 25.2 Å². The van der Waals surface area contributed by atoms with Crippen LogP contribution in [0.15, 0.2) is 0 Å². The van der Waals surface area contributed by atoms with Gasteiger partial charge in [-0.2, -0.15) is 0 Å². The molecule has 0 radical (unpaired) electrons. The summed E-state index contributed by atoms with van der Waals surface area (Å²) in [7, 11) is 0. The zero-order valence-corrected chi connectivity index (χ0v) is 26.2. The molecule has 0 saturated heterocycles. The third kappa shape index (κ3) is 4.09. The number of carbonyl (C=O) groups excluding carboxylic acids is 3. The van der Waals surface area contributed by atoms with E-state index in [1.165, 1.54) is 39.0 Å². The van der Waals surface area contributed by atoms with Gasteiger partial charge in [0.1, 0.15) is 0 Å². The first-order valence-electron chi connectivity index (χ1n) is 15.8. The number of rotatable bonds is 3. The Morgan fingerprint density at radius 1 is 0.769 bits per heavy atom. The molecule has 5 fully saturated rings. The quantitative estimate of drug-likeness (QED) is 0.345. The van der Waals surface area contributed by atoms with Crippen molar-refractivity contribution in [1.29, 1.82) is 0 Å². The molecule has 0 amide bonds. The molecule has 10 atom stereocenters. The number of ether oxygens (including phenoxy) is 2. The molecule has 0 aromatic carbocycles. The lowest BCUT2D eigenvalue weighted by Gasteiger charge is -2.75. The van der Waals surface area contributed by atoms with E-state index < -0.39 is 6.10 Å². The summed E-state index contributed by atoms with van der Waals surface area (Å²) in [4.78, 5) is 37.3. The summed E-state index contributed by atoms with van der Waals surface area (Å²) >= 11 is 0. The van der Waals surface area contributed by atoms with Crippen molar-refractivity contribution in [1.82, 2.24) is 0 Å². The average Bonchev–Trinajstić information content (AvgIpc) is 2.84. The van der Waals surface area contributed by atoms with Crippen LogP contribution in [0, 0.1) is 56.2 Å². The molecular weight excluding hydrogens is 488 g/mol. The van der Waals surface area contributed by atoms with Gasteiger partial charge >= 0.3 is 11.9 Å². The van der Waals surface area contributed by atoms with Gasteiger partial charge in [-0.05, 0) is 109 Å². The van der Waals surface area contributed by atoms with Crippen LogP contribution in [-0.4, -0.2) is 30.4 Å². The van der Waals surface area contributed by atoms with Crippen molar-refractivity contribution in [3.63, 3.8) is 0 Å². The summed E-state index contributed by atoms with van der Waals surface area (Å²) in [6.45, 7) is 20.6. The van der Waals surface area contributed by atoms with E-state index in [1.807, 2.05) is 0 Å². The Bertz CT molecular complexity index is 1050. The van der Waals surface area contributed by atoms with Crippen molar-refractivity contribution in [3.05, 3.63) is 0 Å². The number of esters is 2. The van der Waals surface area contributed by atoms with Gasteiger partial charge in [-0.3, -0.25) is 14.4 Å². The van der Waals surface area contributed by atoms with E-state index in [2.05, 4.69) is 48.5 Å². The first kappa shape index (κ1) is 29.1. The minimum Gasteiger partial charge on any atom is -0.465 e. The molecule has 0 N–H and O–H groups in total. The van der Waals surface area contributed by atoms with E-state index in [-0.39, 0.29) is 50.7 Å². The lowest BCUT2D eigenvalue weighted by molar-refractivity contribution is -0.267. The maximum Gasteiger partial charge on any atom is 0.303 e. The molecule has 0 aromatic rings. The molecule has 220 valence electrons. The van der Waals surface area contributed by atoms with Crippen LogP contribution in [0.2, 0.25) is 0 Å². The molecule has 0 aromatic heterocycles. The third-order valence-electron chi connectivity index (χ3n) is 14.4. The largest absolute Gasteiger partial charge is 0.465 e. The molecule has 5 saturated carbocycles. The molecule has 5 nitrogen and oxygen atoms in total. The molecule has 39 heavy (non-hydrogen) atoms. The number of fused-ring (bicyclic) bond motifs is 7. The average molecular weight is 543 g/mol. The van der Waals surface area contributed by atoms with Gasteiger partial charge in [0.15, 0.2) is 11.9 Å². The maximum absolute atomic E-state index is 13.4. The fraction of sp³-hybridized carbons (Fsp3) is 0.912. The van der Waals surface area contributed by atoms with E-state index in [0.717, 1.165) is 25.7 Å². The minimum absolute atomic E-state index is 0.0519. The summed E-state index contributed by atoms with van der Waals surface area (Å²) in [6, 6.07) is 0. The normalized spacial score (nSPS) is 50.5. The summed E-state index contributed by atoms with van der Waals surface area (Å²) in [5.74, 6) is 0.982. The molecular formula is C34H54O5. The van der Waals surface area contributed by atoms with E-state index in [4.69, 9.17) is 9.47 Å². The first-order chi connectivity index (χ1) is 17.9. The highest BCUT2D eigenvalue weighted by Crippen LogP contribution is 2.78. The van der Waals surface area contributed by atoms with Crippen LogP contribution >= 0.6 is 0 Å². The Labute approximate surface area is 236 Å². The van der Waals surface area contributed by atoms with Gasteiger partial charge in [0.2, 0.25) is 0 Å². The summed E-state index contributed by atoms with van der Waals surface area (Å²) in [6.07, 6.45) is 10.5.